The Morgan fingerprint density at radius 3 is 2.57 bits per heavy atom. The molecule has 0 unspecified atom stereocenters. The van der Waals surface area contributed by atoms with Crippen LogP contribution in [0, 0.1) is 0 Å². The van der Waals surface area contributed by atoms with E-state index in [2.05, 4.69) is 25.2 Å². The number of amides is 1. The van der Waals surface area contributed by atoms with E-state index in [1.165, 1.54) is 0 Å². The lowest BCUT2D eigenvalue weighted by atomic mass is 10.2. The summed E-state index contributed by atoms with van der Waals surface area (Å²) in [5, 5.41) is 3.03. The number of aromatic amines is 2. The summed E-state index contributed by atoms with van der Waals surface area (Å²) < 4.78 is 0. The van der Waals surface area contributed by atoms with E-state index in [0.717, 1.165) is 48.4 Å². The minimum Gasteiger partial charge on any atom is -0.370 e. The number of pyridine rings is 1. The number of imidazole rings is 1. The summed E-state index contributed by atoms with van der Waals surface area (Å²) in [5.74, 6) is -0.0887. The van der Waals surface area contributed by atoms with Crippen molar-refractivity contribution in [1.29, 1.82) is 0 Å². The fourth-order valence-electron chi connectivity index (χ4n) is 3.68. The van der Waals surface area contributed by atoms with E-state index in [9.17, 15) is 9.59 Å². The van der Waals surface area contributed by atoms with Crippen molar-refractivity contribution in [2.75, 3.05) is 36.9 Å². The predicted molar refractivity (Wildman–Crippen MR) is 110 cm³/mol. The molecule has 3 aromatic rings. The molecule has 1 aliphatic rings. The standard InChI is InChI=1S/C20H24N6O2/c1-25(12-14-4-6-21-7-5-14)13-19(27)22-17-10-15-16(24-20(28)23-15)11-18(17)26-8-2-3-9-26/h4-7,10-11H,2-3,8-9,12-13H2,1H3,(H,22,27)(H2,23,24,28). The Morgan fingerprint density at radius 1 is 1.18 bits per heavy atom. The molecular weight excluding hydrogens is 356 g/mol. The molecule has 28 heavy (non-hydrogen) atoms. The molecule has 8 heteroatoms. The van der Waals surface area contributed by atoms with Gasteiger partial charge in [0.25, 0.3) is 0 Å². The van der Waals surface area contributed by atoms with Crippen LogP contribution in [0.2, 0.25) is 0 Å². The van der Waals surface area contributed by atoms with Crippen molar-refractivity contribution in [3.05, 3.63) is 52.7 Å². The molecule has 0 atom stereocenters. The van der Waals surface area contributed by atoms with Crippen LogP contribution < -0.4 is 15.9 Å². The molecule has 3 heterocycles. The highest BCUT2D eigenvalue weighted by atomic mass is 16.2. The minimum atomic E-state index is -0.247. The number of H-pyrrole nitrogens is 2. The van der Waals surface area contributed by atoms with Gasteiger partial charge in [0.1, 0.15) is 0 Å². The monoisotopic (exact) mass is 380 g/mol. The topological polar surface area (TPSA) is 97.1 Å². The van der Waals surface area contributed by atoms with Gasteiger partial charge < -0.3 is 20.2 Å². The third-order valence-electron chi connectivity index (χ3n) is 4.97. The Bertz CT molecular complexity index is 1020. The lowest BCUT2D eigenvalue weighted by Crippen LogP contribution is -2.30. The average Bonchev–Trinajstić information content (AvgIpc) is 3.30. The molecule has 1 aliphatic heterocycles. The number of nitrogens with one attached hydrogen (secondary N) is 3. The van der Waals surface area contributed by atoms with Crippen molar-refractivity contribution in [3.8, 4) is 0 Å². The van der Waals surface area contributed by atoms with Gasteiger partial charge in [-0.25, -0.2) is 4.79 Å². The molecule has 0 bridgehead atoms. The first kappa shape index (κ1) is 18.2. The van der Waals surface area contributed by atoms with Gasteiger partial charge in [0, 0.05) is 32.0 Å². The van der Waals surface area contributed by atoms with Crippen LogP contribution in [0.4, 0.5) is 11.4 Å². The highest BCUT2D eigenvalue weighted by molar-refractivity contribution is 5.99. The van der Waals surface area contributed by atoms with Gasteiger partial charge in [-0.1, -0.05) is 0 Å². The van der Waals surface area contributed by atoms with Crippen molar-refractivity contribution in [3.63, 3.8) is 0 Å². The van der Waals surface area contributed by atoms with Crippen LogP contribution in [0.1, 0.15) is 18.4 Å². The number of likely N-dealkylation sites (N-methyl/N-ethyl adjacent to an activating group) is 1. The highest BCUT2D eigenvalue weighted by Crippen LogP contribution is 2.32. The summed E-state index contributed by atoms with van der Waals surface area (Å²) in [6, 6.07) is 7.66. The molecule has 0 saturated carbocycles. The molecule has 8 nitrogen and oxygen atoms in total. The van der Waals surface area contributed by atoms with Crippen molar-refractivity contribution in [2.45, 2.75) is 19.4 Å². The maximum absolute atomic E-state index is 12.7. The molecule has 3 N–H and O–H groups in total. The van der Waals surface area contributed by atoms with E-state index >= 15 is 0 Å². The van der Waals surface area contributed by atoms with Gasteiger partial charge in [-0.05, 0) is 49.7 Å². The van der Waals surface area contributed by atoms with Gasteiger partial charge in [-0.2, -0.15) is 0 Å². The van der Waals surface area contributed by atoms with E-state index in [4.69, 9.17) is 0 Å². The van der Waals surface area contributed by atoms with Crippen LogP contribution in [0.5, 0.6) is 0 Å². The normalized spacial score (nSPS) is 14.1. The summed E-state index contributed by atoms with van der Waals surface area (Å²) in [5.41, 5.74) is 3.97. The Labute approximate surface area is 162 Å². The fourth-order valence-corrected chi connectivity index (χ4v) is 3.68. The summed E-state index contributed by atoms with van der Waals surface area (Å²) in [4.78, 5) is 38.1. The third kappa shape index (κ3) is 4.07. The van der Waals surface area contributed by atoms with Crippen molar-refractivity contribution < 1.29 is 4.79 Å². The van der Waals surface area contributed by atoms with Crippen LogP contribution in [0.15, 0.2) is 41.5 Å². The van der Waals surface area contributed by atoms with E-state index in [1.54, 1.807) is 12.4 Å². The van der Waals surface area contributed by atoms with Crippen LogP contribution in [0.3, 0.4) is 0 Å². The number of aromatic nitrogens is 3. The number of hydrogen-bond donors (Lipinski definition) is 3. The molecule has 146 valence electrons. The van der Waals surface area contributed by atoms with Crippen molar-refractivity contribution in [1.82, 2.24) is 19.9 Å². The lowest BCUT2D eigenvalue weighted by molar-refractivity contribution is -0.117. The first-order valence-corrected chi connectivity index (χ1v) is 9.47. The predicted octanol–water partition coefficient (Wildman–Crippen LogP) is 1.92. The van der Waals surface area contributed by atoms with Crippen LogP contribution >= 0.6 is 0 Å². The van der Waals surface area contributed by atoms with Gasteiger partial charge >= 0.3 is 5.69 Å². The number of anilines is 2. The molecule has 2 aromatic heterocycles. The zero-order valence-electron chi connectivity index (χ0n) is 15.9. The van der Waals surface area contributed by atoms with Gasteiger partial charge in [0.15, 0.2) is 0 Å². The van der Waals surface area contributed by atoms with E-state index in [-0.39, 0.29) is 18.1 Å². The van der Waals surface area contributed by atoms with Gasteiger partial charge in [-0.15, -0.1) is 0 Å². The molecule has 4 rings (SSSR count). The quantitative estimate of drug-likeness (QED) is 0.607. The van der Waals surface area contributed by atoms with Crippen LogP contribution in [-0.4, -0.2) is 52.4 Å². The highest BCUT2D eigenvalue weighted by Gasteiger charge is 2.19. The number of carbonyl (C=O) groups excluding carboxylic acids is 1. The number of rotatable bonds is 6. The summed E-state index contributed by atoms with van der Waals surface area (Å²) in [6.45, 7) is 2.83. The lowest BCUT2D eigenvalue weighted by Gasteiger charge is -2.23. The number of hydrogen-bond acceptors (Lipinski definition) is 5. The maximum Gasteiger partial charge on any atom is 0.323 e. The first-order valence-electron chi connectivity index (χ1n) is 9.47. The molecular formula is C20H24N6O2. The van der Waals surface area contributed by atoms with E-state index in [0.29, 0.717) is 12.1 Å². The Kier molecular flexibility index (Phi) is 5.12. The van der Waals surface area contributed by atoms with Gasteiger partial charge in [0.05, 0.1) is 29.0 Å². The maximum atomic E-state index is 12.7. The number of benzene rings is 1. The van der Waals surface area contributed by atoms with Crippen LogP contribution in [-0.2, 0) is 11.3 Å². The van der Waals surface area contributed by atoms with E-state index < -0.39 is 0 Å². The molecule has 1 aromatic carbocycles. The van der Waals surface area contributed by atoms with Crippen molar-refractivity contribution in [2.24, 2.45) is 0 Å². The third-order valence-corrected chi connectivity index (χ3v) is 4.97. The number of carbonyl (C=O) groups is 1. The Hall–Kier alpha value is -3.13. The van der Waals surface area contributed by atoms with Crippen molar-refractivity contribution >= 4 is 28.3 Å². The molecule has 1 saturated heterocycles. The smallest absolute Gasteiger partial charge is 0.323 e. The Morgan fingerprint density at radius 2 is 1.86 bits per heavy atom. The fraction of sp³-hybridized carbons (Fsp3) is 0.350. The molecule has 0 spiro atoms. The second kappa shape index (κ2) is 7.85. The second-order valence-electron chi connectivity index (χ2n) is 7.26. The van der Waals surface area contributed by atoms with Gasteiger partial charge in [0.2, 0.25) is 5.91 Å². The summed E-state index contributed by atoms with van der Waals surface area (Å²) in [6.07, 6.45) is 5.75. The Balaban J connectivity index is 1.51. The van der Waals surface area contributed by atoms with E-state index in [1.807, 2.05) is 36.2 Å². The number of fused-ring (bicyclic) bond motifs is 1. The molecule has 1 amide bonds. The molecule has 0 aliphatic carbocycles. The first-order chi connectivity index (χ1) is 13.6. The summed E-state index contributed by atoms with van der Waals surface area (Å²) >= 11 is 0. The summed E-state index contributed by atoms with van der Waals surface area (Å²) in [7, 11) is 1.91. The largest absolute Gasteiger partial charge is 0.370 e. The van der Waals surface area contributed by atoms with Gasteiger partial charge in [-0.3, -0.25) is 14.7 Å². The minimum absolute atomic E-state index is 0.0887. The van der Waals surface area contributed by atoms with Crippen LogP contribution in [0.25, 0.3) is 11.0 Å². The SMILES string of the molecule is CN(CC(=O)Nc1cc2[nH]c(=O)[nH]c2cc1N1CCCC1)Cc1ccncc1. The molecule has 0 radical (unpaired) electrons. The molecule has 1 fully saturated rings. The second-order valence-corrected chi connectivity index (χ2v) is 7.26. The average molecular weight is 380 g/mol. The zero-order valence-corrected chi connectivity index (χ0v) is 15.9. The number of nitrogens with zero attached hydrogens (tertiary/aromatic N) is 3. The zero-order chi connectivity index (χ0) is 19.5.